The maximum atomic E-state index is 12.5. The molecule has 0 aliphatic carbocycles. The molecule has 0 atom stereocenters. The summed E-state index contributed by atoms with van der Waals surface area (Å²) >= 11 is 1.10. The van der Waals surface area contributed by atoms with Gasteiger partial charge in [0.25, 0.3) is 15.9 Å². The summed E-state index contributed by atoms with van der Waals surface area (Å²) in [5.41, 5.74) is 4.71. The maximum Gasteiger partial charge on any atom is 0.273 e. The van der Waals surface area contributed by atoms with E-state index in [1.807, 2.05) is 31.2 Å². The van der Waals surface area contributed by atoms with Crippen LogP contribution in [0.2, 0.25) is 0 Å². The molecule has 2 N–H and O–H groups in total. The second kappa shape index (κ2) is 8.15. The summed E-state index contributed by atoms with van der Waals surface area (Å²) in [4.78, 5) is 12.5. The molecule has 3 rings (SSSR count). The van der Waals surface area contributed by atoms with Crippen molar-refractivity contribution < 1.29 is 13.2 Å². The van der Waals surface area contributed by atoms with E-state index in [4.69, 9.17) is 0 Å². The molecule has 3 aromatic rings. The van der Waals surface area contributed by atoms with Crippen LogP contribution in [0.25, 0.3) is 0 Å². The van der Waals surface area contributed by atoms with E-state index < -0.39 is 15.9 Å². The van der Waals surface area contributed by atoms with Gasteiger partial charge in [0.05, 0.1) is 17.5 Å². The van der Waals surface area contributed by atoms with Crippen molar-refractivity contribution in [3.63, 3.8) is 0 Å². The number of nitrogens with zero attached hydrogens (tertiary/aromatic N) is 1. The molecule has 0 unspecified atom stereocenters. The van der Waals surface area contributed by atoms with E-state index >= 15 is 0 Å². The Balaban J connectivity index is 1.77. The van der Waals surface area contributed by atoms with Gasteiger partial charge in [0.15, 0.2) is 0 Å². The molecule has 0 aliphatic rings. The first kappa shape index (κ1) is 18.8. The Kier molecular flexibility index (Phi) is 5.68. The number of thiophene rings is 1. The summed E-state index contributed by atoms with van der Waals surface area (Å²) < 4.78 is 27.5. The average Bonchev–Trinajstić information content (AvgIpc) is 3.19. The van der Waals surface area contributed by atoms with Crippen LogP contribution in [0.1, 0.15) is 21.5 Å². The van der Waals surface area contributed by atoms with E-state index in [-0.39, 0.29) is 15.5 Å². The van der Waals surface area contributed by atoms with Crippen molar-refractivity contribution in [2.24, 2.45) is 5.10 Å². The number of amides is 1. The minimum Gasteiger partial charge on any atom is -0.278 e. The fourth-order valence-corrected chi connectivity index (χ4v) is 4.41. The van der Waals surface area contributed by atoms with E-state index in [0.29, 0.717) is 0 Å². The SMILES string of the molecule is Cc1ccccc1C=NNC(=O)c1ccccc1NS(=O)(=O)c1cccs1. The van der Waals surface area contributed by atoms with Crippen molar-refractivity contribution in [3.8, 4) is 0 Å². The summed E-state index contributed by atoms with van der Waals surface area (Å²) in [6.45, 7) is 1.94. The lowest BCUT2D eigenvalue weighted by Gasteiger charge is -2.10. The van der Waals surface area contributed by atoms with Gasteiger partial charge in [-0.1, -0.05) is 42.5 Å². The Hall–Kier alpha value is -2.97. The van der Waals surface area contributed by atoms with E-state index in [1.165, 1.54) is 18.2 Å². The van der Waals surface area contributed by atoms with Gasteiger partial charge in [0.1, 0.15) is 4.21 Å². The summed E-state index contributed by atoms with van der Waals surface area (Å²) in [5.74, 6) is -0.510. The second-order valence-corrected chi connectivity index (χ2v) is 8.50. The molecule has 0 radical (unpaired) electrons. The van der Waals surface area contributed by atoms with Crippen LogP contribution in [0.15, 0.2) is 75.4 Å². The van der Waals surface area contributed by atoms with Gasteiger partial charge >= 0.3 is 0 Å². The smallest absolute Gasteiger partial charge is 0.273 e. The molecule has 1 heterocycles. The molecular weight excluding hydrogens is 382 g/mol. The Bertz CT molecular complexity index is 1080. The molecule has 0 saturated carbocycles. The number of aryl methyl sites for hydroxylation is 1. The van der Waals surface area contributed by atoms with Gasteiger partial charge < -0.3 is 0 Å². The standard InChI is InChI=1S/C19H17N3O3S2/c1-14-7-2-3-8-15(14)13-20-21-19(23)16-9-4-5-10-17(16)22-27(24,25)18-11-6-12-26-18/h2-13,22H,1H3,(H,21,23). The topological polar surface area (TPSA) is 87.6 Å². The Morgan fingerprint density at radius 3 is 2.52 bits per heavy atom. The third-order valence-corrected chi connectivity index (χ3v) is 6.50. The highest BCUT2D eigenvalue weighted by molar-refractivity contribution is 7.94. The first-order chi connectivity index (χ1) is 13.0. The third-order valence-electron chi connectivity index (χ3n) is 3.73. The number of hydrazone groups is 1. The van der Waals surface area contributed by atoms with E-state index in [0.717, 1.165) is 22.5 Å². The molecule has 1 aromatic heterocycles. The number of carbonyl (C=O) groups is 1. The maximum absolute atomic E-state index is 12.5. The molecule has 0 bridgehead atoms. The van der Waals surface area contributed by atoms with Crippen molar-refractivity contribution >= 4 is 39.2 Å². The van der Waals surface area contributed by atoms with Crippen LogP contribution >= 0.6 is 11.3 Å². The molecular formula is C19H17N3O3S2. The number of benzene rings is 2. The van der Waals surface area contributed by atoms with Crippen LogP contribution < -0.4 is 10.1 Å². The van der Waals surface area contributed by atoms with Crippen LogP contribution in [0.4, 0.5) is 5.69 Å². The average molecular weight is 399 g/mol. The van der Waals surface area contributed by atoms with E-state index in [2.05, 4.69) is 15.2 Å². The minimum absolute atomic E-state index is 0.176. The molecule has 2 aromatic carbocycles. The van der Waals surface area contributed by atoms with Gasteiger partial charge in [-0.05, 0) is 41.6 Å². The summed E-state index contributed by atoms with van der Waals surface area (Å²) in [5, 5.41) is 5.64. The first-order valence-electron chi connectivity index (χ1n) is 8.02. The molecule has 0 aliphatic heterocycles. The number of para-hydroxylation sites is 1. The number of carbonyl (C=O) groups excluding carboxylic acids is 1. The van der Waals surface area contributed by atoms with Gasteiger partial charge in [-0.25, -0.2) is 13.8 Å². The highest BCUT2D eigenvalue weighted by Gasteiger charge is 2.19. The Morgan fingerprint density at radius 1 is 1.04 bits per heavy atom. The molecule has 1 amide bonds. The highest BCUT2D eigenvalue weighted by Crippen LogP contribution is 2.22. The van der Waals surface area contributed by atoms with Crippen molar-refractivity contribution in [1.29, 1.82) is 0 Å². The summed E-state index contributed by atoms with van der Waals surface area (Å²) in [6.07, 6.45) is 1.55. The molecule has 0 saturated heterocycles. The zero-order chi connectivity index (χ0) is 19.3. The minimum atomic E-state index is -3.75. The Morgan fingerprint density at radius 2 is 1.78 bits per heavy atom. The second-order valence-electron chi connectivity index (χ2n) is 5.64. The fourth-order valence-electron chi connectivity index (χ4n) is 2.33. The number of sulfonamides is 1. The summed E-state index contributed by atoms with van der Waals surface area (Å²) in [7, 11) is -3.75. The van der Waals surface area contributed by atoms with E-state index in [1.54, 1.807) is 29.8 Å². The molecule has 27 heavy (non-hydrogen) atoms. The predicted octanol–water partition coefficient (Wildman–Crippen LogP) is 3.62. The Labute approximate surface area is 161 Å². The fraction of sp³-hybridized carbons (Fsp3) is 0.0526. The monoisotopic (exact) mass is 399 g/mol. The van der Waals surface area contributed by atoms with Gasteiger partial charge in [-0.2, -0.15) is 5.10 Å². The number of anilines is 1. The van der Waals surface area contributed by atoms with Crippen molar-refractivity contribution in [2.75, 3.05) is 4.72 Å². The number of nitrogens with one attached hydrogen (secondary N) is 2. The lowest BCUT2D eigenvalue weighted by Crippen LogP contribution is -2.21. The molecule has 8 heteroatoms. The molecule has 138 valence electrons. The van der Waals surface area contributed by atoms with Gasteiger partial charge in [0.2, 0.25) is 0 Å². The van der Waals surface area contributed by atoms with Crippen molar-refractivity contribution in [3.05, 3.63) is 82.7 Å². The number of hydrogen-bond donors (Lipinski definition) is 2. The van der Waals surface area contributed by atoms with Crippen molar-refractivity contribution in [2.45, 2.75) is 11.1 Å². The van der Waals surface area contributed by atoms with Crippen molar-refractivity contribution in [1.82, 2.24) is 5.43 Å². The quantitative estimate of drug-likeness (QED) is 0.490. The van der Waals surface area contributed by atoms with Crippen LogP contribution in [0.3, 0.4) is 0 Å². The zero-order valence-corrected chi connectivity index (χ0v) is 16.0. The normalized spacial score (nSPS) is 11.4. The van der Waals surface area contributed by atoms with Crippen LogP contribution in [0, 0.1) is 6.92 Å². The number of rotatable bonds is 6. The highest BCUT2D eigenvalue weighted by atomic mass is 32.2. The molecule has 0 fully saturated rings. The van der Waals surface area contributed by atoms with Gasteiger partial charge in [-0.3, -0.25) is 9.52 Å². The van der Waals surface area contributed by atoms with Gasteiger partial charge in [0, 0.05) is 0 Å². The van der Waals surface area contributed by atoms with E-state index in [9.17, 15) is 13.2 Å². The predicted molar refractivity (Wildman–Crippen MR) is 108 cm³/mol. The van der Waals surface area contributed by atoms with Crippen LogP contribution in [-0.2, 0) is 10.0 Å². The largest absolute Gasteiger partial charge is 0.278 e. The van der Waals surface area contributed by atoms with Crippen LogP contribution in [-0.4, -0.2) is 20.5 Å². The molecule has 6 nitrogen and oxygen atoms in total. The molecule has 0 spiro atoms. The van der Waals surface area contributed by atoms with Crippen LogP contribution in [0.5, 0.6) is 0 Å². The zero-order valence-electron chi connectivity index (χ0n) is 14.4. The lowest BCUT2D eigenvalue weighted by atomic mass is 10.1. The number of hydrogen-bond acceptors (Lipinski definition) is 5. The van der Waals surface area contributed by atoms with Gasteiger partial charge in [-0.15, -0.1) is 11.3 Å². The first-order valence-corrected chi connectivity index (χ1v) is 10.4. The third kappa shape index (κ3) is 4.60. The summed E-state index contributed by atoms with van der Waals surface area (Å²) in [6, 6.07) is 17.1. The lowest BCUT2D eigenvalue weighted by molar-refractivity contribution is 0.0956.